The zero-order chi connectivity index (χ0) is 21.2. The molecule has 2 aromatic carbocycles. The van der Waals surface area contributed by atoms with Crippen LogP contribution in [0.1, 0.15) is 46.3 Å². The van der Waals surface area contributed by atoms with Gasteiger partial charge in [0, 0.05) is 0 Å². The number of amides is 1. The van der Waals surface area contributed by atoms with Crippen molar-refractivity contribution < 1.29 is 13.2 Å². The first-order valence-electron chi connectivity index (χ1n) is 9.33. The minimum absolute atomic E-state index is 0.216. The van der Waals surface area contributed by atoms with E-state index in [0.29, 0.717) is 5.69 Å². The fourth-order valence-electron chi connectivity index (χ4n) is 3.33. The maximum Gasteiger partial charge on any atom is 0.241 e. The SMILES string of the molecule is Cc1cc(C)c([C@@H](C)NC(=O)CN(c2cccc(C)c2C)S(C)(=O)=O)cc1C. The van der Waals surface area contributed by atoms with Crippen molar-refractivity contribution in [2.24, 2.45) is 0 Å². The number of hydrogen-bond donors (Lipinski definition) is 1. The van der Waals surface area contributed by atoms with Crippen molar-refractivity contribution in [3.63, 3.8) is 0 Å². The molecule has 0 aliphatic rings. The van der Waals surface area contributed by atoms with Crippen LogP contribution in [0.2, 0.25) is 0 Å². The summed E-state index contributed by atoms with van der Waals surface area (Å²) in [7, 11) is -3.60. The van der Waals surface area contributed by atoms with Gasteiger partial charge in [0.2, 0.25) is 15.9 Å². The first-order valence-corrected chi connectivity index (χ1v) is 11.2. The highest BCUT2D eigenvalue weighted by molar-refractivity contribution is 7.92. The Morgan fingerprint density at radius 1 is 1.00 bits per heavy atom. The van der Waals surface area contributed by atoms with Gasteiger partial charge >= 0.3 is 0 Å². The van der Waals surface area contributed by atoms with E-state index in [2.05, 4.69) is 24.4 Å². The molecular weight excluding hydrogens is 372 g/mol. The molecule has 1 N–H and O–H groups in total. The van der Waals surface area contributed by atoms with Gasteiger partial charge in [-0.25, -0.2) is 8.42 Å². The van der Waals surface area contributed by atoms with Gasteiger partial charge in [-0.1, -0.05) is 24.3 Å². The lowest BCUT2D eigenvalue weighted by Crippen LogP contribution is -2.41. The molecule has 0 bridgehead atoms. The summed E-state index contributed by atoms with van der Waals surface area (Å²) >= 11 is 0. The normalized spacial score (nSPS) is 12.5. The van der Waals surface area contributed by atoms with Crippen LogP contribution in [0, 0.1) is 34.6 Å². The molecule has 152 valence electrons. The molecule has 0 aliphatic heterocycles. The maximum atomic E-state index is 12.7. The lowest BCUT2D eigenvalue weighted by atomic mass is 9.96. The van der Waals surface area contributed by atoms with Gasteiger partial charge in [-0.05, 0) is 81.0 Å². The lowest BCUT2D eigenvalue weighted by molar-refractivity contribution is -0.120. The van der Waals surface area contributed by atoms with Crippen LogP contribution in [-0.2, 0) is 14.8 Å². The van der Waals surface area contributed by atoms with Crippen LogP contribution in [0.3, 0.4) is 0 Å². The third-order valence-electron chi connectivity index (χ3n) is 5.26. The summed E-state index contributed by atoms with van der Waals surface area (Å²) < 4.78 is 25.9. The van der Waals surface area contributed by atoms with Crippen LogP contribution in [-0.4, -0.2) is 27.1 Å². The Balaban J connectivity index is 2.25. The number of sulfonamides is 1. The summed E-state index contributed by atoms with van der Waals surface area (Å²) in [5.74, 6) is -0.337. The Hall–Kier alpha value is -2.34. The number of carbonyl (C=O) groups excluding carboxylic acids is 1. The molecule has 2 rings (SSSR count). The Labute approximate surface area is 168 Å². The molecule has 0 saturated heterocycles. The summed E-state index contributed by atoms with van der Waals surface area (Å²) in [4.78, 5) is 12.7. The molecule has 2 aromatic rings. The van der Waals surface area contributed by atoms with Crippen LogP contribution in [0.25, 0.3) is 0 Å². The van der Waals surface area contributed by atoms with Crippen molar-refractivity contribution in [2.45, 2.75) is 47.6 Å². The number of anilines is 1. The van der Waals surface area contributed by atoms with E-state index in [4.69, 9.17) is 0 Å². The van der Waals surface area contributed by atoms with Gasteiger partial charge in [0.1, 0.15) is 6.54 Å². The van der Waals surface area contributed by atoms with Gasteiger partial charge in [-0.2, -0.15) is 0 Å². The Morgan fingerprint density at radius 2 is 1.61 bits per heavy atom. The molecule has 0 heterocycles. The Bertz CT molecular complexity index is 997. The average Bonchev–Trinajstić information content (AvgIpc) is 2.57. The molecule has 5 nitrogen and oxygen atoms in total. The summed E-state index contributed by atoms with van der Waals surface area (Å²) in [6.45, 7) is 11.6. The number of hydrogen-bond acceptors (Lipinski definition) is 3. The summed E-state index contributed by atoms with van der Waals surface area (Å²) in [5, 5.41) is 2.95. The van der Waals surface area contributed by atoms with Crippen molar-refractivity contribution >= 4 is 21.6 Å². The molecule has 0 radical (unpaired) electrons. The van der Waals surface area contributed by atoms with Gasteiger partial charge in [0.05, 0.1) is 18.0 Å². The predicted octanol–water partition coefficient (Wildman–Crippen LogP) is 3.87. The van der Waals surface area contributed by atoms with Crippen molar-refractivity contribution in [3.8, 4) is 0 Å². The lowest BCUT2D eigenvalue weighted by Gasteiger charge is -2.26. The molecule has 28 heavy (non-hydrogen) atoms. The van der Waals surface area contributed by atoms with Crippen LogP contribution >= 0.6 is 0 Å². The molecule has 6 heteroatoms. The molecule has 0 unspecified atom stereocenters. The van der Waals surface area contributed by atoms with E-state index in [0.717, 1.165) is 34.1 Å². The summed E-state index contributed by atoms with van der Waals surface area (Å²) in [6, 6.07) is 9.42. The highest BCUT2D eigenvalue weighted by Crippen LogP contribution is 2.25. The Morgan fingerprint density at radius 3 is 2.21 bits per heavy atom. The molecule has 0 aromatic heterocycles. The molecule has 0 saturated carbocycles. The van der Waals surface area contributed by atoms with E-state index in [1.807, 2.05) is 40.7 Å². The van der Waals surface area contributed by atoms with Crippen molar-refractivity contribution in [1.29, 1.82) is 0 Å². The minimum atomic E-state index is -3.60. The standard InChI is InChI=1S/C22H30N2O3S/c1-14-9-8-10-21(18(14)5)24(28(7,26)27)13-22(25)23-19(6)20-12-16(3)15(2)11-17(20)4/h8-12,19H,13H2,1-7H3,(H,23,25)/t19-/m1/s1. The molecule has 0 aliphatic carbocycles. The second-order valence-corrected chi connectivity index (χ2v) is 9.48. The minimum Gasteiger partial charge on any atom is -0.348 e. The van der Waals surface area contributed by atoms with Crippen LogP contribution in [0.5, 0.6) is 0 Å². The summed E-state index contributed by atoms with van der Waals surface area (Å²) in [5.41, 5.74) is 6.87. The number of rotatable bonds is 6. The molecular formula is C22H30N2O3S. The zero-order valence-electron chi connectivity index (χ0n) is 17.8. The molecule has 1 atom stereocenters. The van der Waals surface area contributed by atoms with E-state index in [-0.39, 0.29) is 18.5 Å². The van der Waals surface area contributed by atoms with Gasteiger partial charge in [0.25, 0.3) is 0 Å². The van der Waals surface area contributed by atoms with E-state index in [9.17, 15) is 13.2 Å². The monoisotopic (exact) mass is 402 g/mol. The first kappa shape index (κ1) is 22.0. The number of benzene rings is 2. The molecule has 0 spiro atoms. The van der Waals surface area contributed by atoms with Gasteiger partial charge < -0.3 is 5.32 Å². The van der Waals surface area contributed by atoms with Crippen LogP contribution in [0.4, 0.5) is 5.69 Å². The topological polar surface area (TPSA) is 66.5 Å². The molecule has 1 amide bonds. The quantitative estimate of drug-likeness (QED) is 0.798. The number of carbonyl (C=O) groups is 1. The number of aryl methyl sites for hydroxylation is 4. The summed E-state index contributed by atoms with van der Waals surface area (Å²) in [6.07, 6.45) is 1.12. The Kier molecular flexibility index (Phi) is 6.55. The maximum absolute atomic E-state index is 12.7. The van der Waals surface area contributed by atoms with Crippen molar-refractivity contribution in [1.82, 2.24) is 5.32 Å². The third-order valence-corrected chi connectivity index (χ3v) is 6.39. The predicted molar refractivity (Wildman–Crippen MR) is 115 cm³/mol. The van der Waals surface area contributed by atoms with Gasteiger partial charge in [-0.15, -0.1) is 0 Å². The second-order valence-electron chi connectivity index (χ2n) is 7.57. The van der Waals surface area contributed by atoms with Crippen LogP contribution < -0.4 is 9.62 Å². The second kappa shape index (κ2) is 8.35. The van der Waals surface area contributed by atoms with E-state index in [1.54, 1.807) is 12.1 Å². The smallest absolute Gasteiger partial charge is 0.241 e. The van der Waals surface area contributed by atoms with Crippen LogP contribution in [0.15, 0.2) is 30.3 Å². The third kappa shape index (κ3) is 4.93. The highest BCUT2D eigenvalue weighted by atomic mass is 32.2. The number of nitrogens with one attached hydrogen (secondary N) is 1. The fraction of sp³-hybridized carbons (Fsp3) is 0.409. The van der Waals surface area contributed by atoms with Gasteiger partial charge in [-0.3, -0.25) is 9.10 Å². The number of nitrogens with zero attached hydrogens (tertiary/aromatic N) is 1. The largest absolute Gasteiger partial charge is 0.348 e. The first-order chi connectivity index (χ1) is 12.9. The average molecular weight is 403 g/mol. The fourth-order valence-corrected chi connectivity index (χ4v) is 4.24. The van der Waals surface area contributed by atoms with E-state index in [1.165, 1.54) is 9.87 Å². The molecule has 0 fully saturated rings. The van der Waals surface area contributed by atoms with Gasteiger partial charge in [0.15, 0.2) is 0 Å². The van der Waals surface area contributed by atoms with E-state index < -0.39 is 10.0 Å². The van der Waals surface area contributed by atoms with Crippen molar-refractivity contribution in [3.05, 3.63) is 63.7 Å². The van der Waals surface area contributed by atoms with Crippen molar-refractivity contribution in [2.75, 3.05) is 17.1 Å². The van der Waals surface area contributed by atoms with E-state index >= 15 is 0 Å². The highest BCUT2D eigenvalue weighted by Gasteiger charge is 2.24. The zero-order valence-corrected chi connectivity index (χ0v) is 18.6.